The number of aromatic nitrogens is 2. The lowest BCUT2D eigenvalue weighted by Crippen LogP contribution is -2.14. The molecule has 0 bridgehead atoms. The molecule has 6 rings (SSSR count). The second-order valence-corrected chi connectivity index (χ2v) is 11.9. The minimum atomic E-state index is -3.80. The van der Waals surface area contributed by atoms with Crippen molar-refractivity contribution < 1.29 is 13.2 Å². The van der Waals surface area contributed by atoms with E-state index in [1.807, 2.05) is 68.4 Å². The van der Waals surface area contributed by atoms with Gasteiger partial charge in [0.1, 0.15) is 5.00 Å². The first-order valence-electron chi connectivity index (χ1n) is 12.5. The molecule has 0 radical (unpaired) electrons. The molecule has 2 N–H and O–H groups in total. The minimum Gasteiger partial charge on any atom is -0.322 e. The monoisotopic (exact) mass is 564 g/mol. The zero-order chi connectivity index (χ0) is 27.9. The van der Waals surface area contributed by atoms with E-state index in [2.05, 4.69) is 26.5 Å². The normalized spacial score (nSPS) is 11.6. The molecule has 0 saturated carbocycles. The molecule has 0 aliphatic carbocycles. The van der Waals surface area contributed by atoms with Crippen LogP contribution in [-0.2, 0) is 10.0 Å². The number of hydrogen-bond donors (Lipinski definition) is 2. The number of sulfonamides is 1. The number of rotatable bonds is 6. The second-order valence-electron chi connectivity index (χ2n) is 9.44. The number of para-hydroxylation sites is 1. The summed E-state index contributed by atoms with van der Waals surface area (Å²) >= 11 is 1.11. The molecule has 4 aromatic carbocycles. The van der Waals surface area contributed by atoms with Crippen LogP contribution in [0.25, 0.3) is 32.9 Å². The van der Waals surface area contributed by atoms with Crippen molar-refractivity contribution in [1.82, 2.24) is 9.36 Å². The van der Waals surface area contributed by atoms with Crippen molar-refractivity contribution in [2.45, 2.75) is 18.7 Å². The zero-order valence-corrected chi connectivity index (χ0v) is 23.3. The smallest absolute Gasteiger partial charge is 0.262 e. The standard InChI is InChI=1S/C31H24N4O3S2/c1-19-20(2)34-39-31(19)35-40(37,38)25-15-13-24(14-16-25)32-30(36)27-18-29(33-28-10-6-5-9-26(27)28)23-12-11-21-7-3-4-8-22(21)17-23/h3-18,35H,1-2H3,(H,32,36). The van der Waals surface area contributed by atoms with Crippen molar-refractivity contribution >= 4 is 59.8 Å². The molecule has 2 heterocycles. The van der Waals surface area contributed by atoms with Crippen LogP contribution in [0.3, 0.4) is 0 Å². The highest BCUT2D eigenvalue weighted by molar-refractivity contribution is 7.93. The molecular weight excluding hydrogens is 541 g/mol. The van der Waals surface area contributed by atoms with Gasteiger partial charge in [0.15, 0.2) is 0 Å². The minimum absolute atomic E-state index is 0.0869. The summed E-state index contributed by atoms with van der Waals surface area (Å²) in [5, 5.41) is 6.34. The van der Waals surface area contributed by atoms with E-state index in [4.69, 9.17) is 4.98 Å². The number of nitrogens with zero attached hydrogens (tertiary/aromatic N) is 2. The van der Waals surface area contributed by atoms with Crippen LogP contribution in [0, 0.1) is 13.8 Å². The van der Waals surface area contributed by atoms with Gasteiger partial charge in [-0.2, -0.15) is 4.37 Å². The van der Waals surface area contributed by atoms with Gasteiger partial charge in [-0.25, -0.2) is 13.4 Å². The van der Waals surface area contributed by atoms with Crippen LogP contribution in [0.5, 0.6) is 0 Å². The maximum atomic E-state index is 13.5. The summed E-state index contributed by atoms with van der Waals surface area (Å²) in [6, 6.07) is 29.6. The Morgan fingerprint density at radius 3 is 2.30 bits per heavy atom. The average molecular weight is 565 g/mol. The van der Waals surface area contributed by atoms with Gasteiger partial charge in [-0.3, -0.25) is 9.52 Å². The van der Waals surface area contributed by atoms with Crippen LogP contribution >= 0.6 is 11.5 Å². The number of fused-ring (bicyclic) bond motifs is 2. The summed E-state index contributed by atoms with van der Waals surface area (Å²) < 4.78 is 32.6. The van der Waals surface area contributed by atoms with Crippen molar-refractivity contribution in [1.29, 1.82) is 0 Å². The SMILES string of the molecule is Cc1nsc(NS(=O)(=O)c2ccc(NC(=O)c3cc(-c4ccc5ccccc5c4)nc4ccccc34)cc2)c1C. The summed E-state index contributed by atoms with van der Waals surface area (Å²) in [5.74, 6) is -0.315. The maximum absolute atomic E-state index is 13.5. The highest BCUT2D eigenvalue weighted by Crippen LogP contribution is 2.29. The fourth-order valence-electron chi connectivity index (χ4n) is 4.47. The van der Waals surface area contributed by atoms with Gasteiger partial charge in [0.05, 0.1) is 27.4 Å². The van der Waals surface area contributed by atoms with Gasteiger partial charge in [-0.15, -0.1) is 0 Å². The summed E-state index contributed by atoms with van der Waals surface area (Å²) in [6.07, 6.45) is 0. The fourth-order valence-corrected chi connectivity index (χ4v) is 6.60. The van der Waals surface area contributed by atoms with Gasteiger partial charge in [0, 0.05) is 22.2 Å². The van der Waals surface area contributed by atoms with Crippen molar-refractivity contribution in [3.63, 3.8) is 0 Å². The number of benzene rings is 4. The Morgan fingerprint density at radius 2 is 1.55 bits per heavy atom. The lowest BCUT2D eigenvalue weighted by molar-refractivity contribution is 0.102. The van der Waals surface area contributed by atoms with Gasteiger partial charge in [-0.1, -0.05) is 54.6 Å². The van der Waals surface area contributed by atoms with Crippen molar-refractivity contribution in [2.75, 3.05) is 10.0 Å². The Balaban J connectivity index is 1.29. The van der Waals surface area contributed by atoms with E-state index in [-0.39, 0.29) is 10.8 Å². The predicted octanol–water partition coefficient (Wildman–Crippen LogP) is 7.18. The lowest BCUT2D eigenvalue weighted by atomic mass is 10.0. The molecule has 1 amide bonds. The molecule has 7 nitrogen and oxygen atoms in total. The summed E-state index contributed by atoms with van der Waals surface area (Å²) in [6.45, 7) is 3.65. The third-order valence-electron chi connectivity index (χ3n) is 6.81. The van der Waals surface area contributed by atoms with Crippen LogP contribution in [0.1, 0.15) is 21.6 Å². The Labute approximate surface area is 235 Å². The topological polar surface area (TPSA) is 101 Å². The van der Waals surface area contributed by atoms with Gasteiger partial charge in [0.25, 0.3) is 15.9 Å². The molecule has 0 atom stereocenters. The lowest BCUT2D eigenvalue weighted by Gasteiger charge is -2.12. The molecule has 0 saturated heterocycles. The van der Waals surface area contributed by atoms with Crippen LogP contribution < -0.4 is 10.0 Å². The summed E-state index contributed by atoms with van der Waals surface area (Å²) in [4.78, 5) is 18.4. The Kier molecular flexibility index (Phi) is 6.53. The number of aryl methyl sites for hydroxylation is 1. The molecule has 0 spiro atoms. The van der Waals surface area contributed by atoms with Gasteiger partial charge in [-0.05, 0) is 78.6 Å². The van der Waals surface area contributed by atoms with E-state index >= 15 is 0 Å². The van der Waals surface area contributed by atoms with Crippen molar-refractivity contribution in [3.05, 3.63) is 114 Å². The Hall–Kier alpha value is -4.60. The zero-order valence-electron chi connectivity index (χ0n) is 21.7. The van der Waals surface area contributed by atoms with Crippen LogP contribution in [0.2, 0.25) is 0 Å². The van der Waals surface area contributed by atoms with Crippen LogP contribution in [0.4, 0.5) is 10.7 Å². The Bertz CT molecular complexity index is 2020. The first-order chi connectivity index (χ1) is 19.3. The molecule has 6 aromatic rings. The molecule has 0 unspecified atom stereocenters. The molecule has 0 fully saturated rings. The third-order valence-corrected chi connectivity index (χ3v) is 9.26. The average Bonchev–Trinajstić information content (AvgIpc) is 3.28. The molecule has 198 valence electrons. The van der Waals surface area contributed by atoms with Gasteiger partial charge in [0.2, 0.25) is 0 Å². The van der Waals surface area contributed by atoms with E-state index in [0.717, 1.165) is 44.5 Å². The van der Waals surface area contributed by atoms with Gasteiger partial charge >= 0.3 is 0 Å². The van der Waals surface area contributed by atoms with E-state index in [1.165, 1.54) is 12.1 Å². The molecule has 9 heteroatoms. The van der Waals surface area contributed by atoms with Crippen molar-refractivity contribution in [3.8, 4) is 11.3 Å². The van der Waals surface area contributed by atoms with Crippen LogP contribution in [-0.4, -0.2) is 23.7 Å². The van der Waals surface area contributed by atoms with Crippen molar-refractivity contribution in [2.24, 2.45) is 0 Å². The maximum Gasteiger partial charge on any atom is 0.262 e. The van der Waals surface area contributed by atoms with E-state index in [1.54, 1.807) is 18.2 Å². The highest BCUT2D eigenvalue weighted by Gasteiger charge is 2.19. The third kappa shape index (κ3) is 4.92. The molecular formula is C31H24N4O3S2. The molecule has 0 aliphatic rings. The molecule has 0 aliphatic heterocycles. The quantitative estimate of drug-likeness (QED) is 0.223. The number of hydrogen-bond acceptors (Lipinski definition) is 6. The largest absolute Gasteiger partial charge is 0.322 e. The van der Waals surface area contributed by atoms with Gasteiger partial charge < -0.3 is 5.32 Å². The number of carbonyl (C=O) groups excluding carboxylic acids is 1. The number of anilines is 2. The summed E-state index contributed by atoms with van der Waals surface area (Å²) in [7, 11) is -3.80. The number of nitrogens with one attached hydrogen (secondary N) is 2. The first kappa shape index (κ1) is 25.7. The van der Waals surface area contributed by atoms with E-state index < -0.39 is 10.0 Å². The van der Waals surface area contributed by atoms with E-state index in [0.29, 0.717) is 27.5 Å². The number of pyridine rings is 1. The molecule has 40 heavy (non-hydrogen) atoms. The predicted molar refractivity (Wildman–Crippen MR) is 161 cm³/mol. The molecule has 2 aromatic heterocycles. The van der Waals surface area contributed by atoms with Crippen LogP contribution in [0.15, 0.2) is 102 Å². The first-order valence-corrected chi connectivity index (χ1v) is 14.8. The highest BCUT2D eigenvalue weighted by atomic mass is 32.2. The fraction of sp³-hybridized carbons (Fsp3) is 0.0645. The number of carbonyl (C=O) groups is 1. The Morgan fingerprint density at radius 1 is 0.825 bits per heavy atom. The van der Waals surface area contributed by atoms with E-state index in [9.17, 15) is 13.2 Å². The second kappa shape index (κ2) is 10.2. The summed E-state index contributed by atoms with van der Waals surface area (Å²) in [5.41, 5.74) is 4.84. The number of amides is 1.